The average molecular weight is 207 g/mol. The zero-order valence-electron chi connectivity index (χ0n) is 9.99. The van der Waals surface area contributed by atoms with E-state index < -0.39 is 0 Å². The Morgan fingerprint density at radius 3 is 2.87 bits per heavy atom. The zero-order chi connectivity index (χ0) is 11.0. The normalized spacial score (nSPS) is 30.4. The third-order valence-electron chi connectivity index (χ3n) is 3.87. The van der Waals surface area contributed by atoms with Crippen LogP contribution in [0.1, 0.15) is 40.0 Å². The highest BCUT2D eigenvalue weighted by Crippen LogP contribution is 2.40. The lowest BCUT2D eigenvalue weighted by Gasteiger charge is -2.39. The van der Waals surface area contributed by atoms with Crippen LogP contribution in [-0.4, -0.2) is 23.4 Å². The van der Waals surface area contributed by atoms with Crippen LogP contribution in [0.4, 0.5) is 0 Å². The Labute approximate surface area is 92.3 Å². The number of rotatable bonds is 1. The summed E-state index contributed by atoms with van der Waals surface area (Å²) in [5.74, 6) is 1.55. The highest BCUT2D eigenvalue weighted by atomic mass is 16.2. The summed E-state index contributed by atoms with van der Waals surface area (Å²) in [6, 6.07) is 0.480. The van der Waals surface area contributed by atoms with Gasteiger partial charge in [0.25, 0.3) is 0 Å². The summed E-state index contributed by atoms with van der Waals surface area (Å²) in [6.45, 7) is 7.20. The number of nitrogens with zero attached hydrogens (tertiary/aromatic N) is 1. The van der Waals surface area contributed by atoms with Gasteiger partial charge in [0.2, 0.25) is 5.91 Å². The number of fused-ring (bicyclic) bond motifs is 1. The Morgan fingerprint density at radius 2 is 2.27 bits per heavy atom. The van der Waals surface area contributed by atoms with E-state index in [0.29, 0.717) is 17.9 Å². The van der Waals surface area contributed by atoms with E-state index in [2.05, 4.69) is 24.8 Å². The first kappa shape index (κ1) is 10.7. The van der Waals surface area contributed by atoms with Crippen LogP contribution >= 0.6 is 0 Å². The molecule has 1 heterocycles. The Balaban J connectivity index is 2.14. The van der Waals surface area contributed by atoms with E-state index in [9.17, 15) is 4.79 Å². The van der Waals surface area contributed by atoms with Gasteiger partial charge < -0.3 is 4.90 Å². The maximum Gasteiger partial charge on any atom is 0.219 e. The van der Waals surface area contributed by atoms with Gasteiger partial charge in [0.05, 0.1) is 0 Å². The summed E-state index contributed by atoms with van der Waals surface area (Å²) in [5, 5.41) is 0. The third-order valence-corrected chi connectivity index (χ3v) is 3.87. The number of hydrogen-bond acceptors (Lipinski definition) is 1. The molecule has 0 N–H and O–H groups in total. The predicted molar refractivity (Wildman–Crippen MR) is 61.4 cm³/mol. The lowest BCUT2D eigenvalue weighted by atomic mass is 9.83. The first-order valence-corrected chi connectivity index (χ1v) is 6.08. The molecule has 15 heavy (non-hydrogen) atoms. The van der Waals surface area contributed by atoms with Gasteiger partial charge >= 0.3 is 0 Å². The second kappa shape index (κ2) is 3.99. The van der Waals surface area contributed by atoms with Crippen LogP contribution in [0.25, 0.3) is 0 Å². The van der Waals surface area contributed by atoms with Crippen molar-refractivity contribution in [3.05, 3.63) is 11.6 Å². The highest BCUT2D eigenvalue weighted by Gasteiger charge is 2.38. The maximum atomic E-state index is 11.5. The van der Waals surface area contributed by atoms with E-state index >= 15 is 0 Å². The van der Waals surface area contributed by atoms with Crippen molar-refractivity contribution in [2.75, 3.05) is 6.54 Å². The van der Waals surface area contributed by atoms with Gasteiger partial charge in [0, 0.05) is 25.4 Å². The summed E-state index contributed by atoms with van der Waals surface area (Å²) in [7, 11) is 0. The second-order valence-corrected chi connectivity index (χ2v) is 5.12. The fraction of sp³-hybridized carbons (Fsp3) is 0.769. The van der Waals surface area contributed by atoms with E-state index in [1.807, 2.05) is 0 Å². The first-order valence-electron chi connectivity index (χ1n) is 6.08. The lowest BCUT2D eigenvalue weighted by Crippen LogP contribution is -2.46. The number of amides is 1. The molecule has 0 aromatic rings. The predicted octanol–water partition coefficient (Wildman–Crippen LogP) is 2.60. The molecule has 2 rings (SSSR count). The minimum Gasteiger partial charge on any atom is -0.339 e. The third kappa shape index (κ3) is 1.82. The first-order chi connectivity index (χ1) is 7.11. The average Bonchev–Trinajstić information content (AvgIpc) is 2.59. The summed E-state index contributed by atoms with van der Waals surface area (Å²) in [4.78, 5) is 13.6. The van der Waals surface area contributed by atoms with Crippen molar-refractivity contribution in [1.82, 2.24) is 4.90 Å². The van der Waals surface area contributed by atoms with Crippen molar-refractivity contribution in [3.63, 3.8) is 0 Å². The van der Waals surface area contributed by atoms with E-state index in [4.69, 9.17) is 0 Å². The SMILES string of the molecule is CC(=O)N1CCCC2C(C(C)C)=CCC21. The molecule has 0 radical (unpaired) electrons. The molecular weight excluding hydrogens is 186 g/mol. The van der Waals surface area contributed by atoms with Crippen molar-refractivity contribution in [2.45, 2.75) is 46.1 Å². The maximum absolute atomic E-state index is 11.5. The minimum atomic E-state index is 0.253. The van der Waals surface area contributed by atoms with Gasteiger partial charge in [-0.15, -0.1) is 0 Å². The van der Waals surface area contributed by atoms with Crippen molar-refractivity contribution < 1.29 is 4.79 Å². The topological polar surface area (TPSA) is 20.3 Å². The summed E-state index contributed by atoms with van der Waals surface area (Å²) in [6.07, 6.45) is 5.91. The van der Waals surface area contributed by atoms with Crippen molar-refractivity contribution in [2.24, 2.45) is 11.8 Å². The molecule has 1 aliphatic carbocycles. The fourth-order valence-electron chi connectivity index (χ4n) is 3.20. The molecule has 1 saturated heterocycles. The van der Waals surface area contributed by atoms with Crippen LogP contribution in [0.15, 0.2) is 11.6 Å². The van der Waals surface area contributed by atoms with Gasteiger partial charge in [-0.3, -0.25) is 4.79 Å². The Kier molecular flexibility index (Phi) is 2.85. The van der Waals surface area contributed by atoms with Gasteiger partial charge in [-0.25, -0.2) is 0 Å². The molecule has 2 nitrogen and oxygen atoms in total. The van der Waals surface area contributed by atoms with Crippen molar-refractivity contribution >= 4 is 5.91 Å². The largest absolute Gasteiger partial charge is 0.339 e. The molecule has 0 aromatic carbocycles. The molecule has 1 amide bonds. The lowest BCUT2D eigenvalue weighted by molar-refractivity contribution is -0.133. The van der Waals surface area contributed by atoms with Crippen LogP contribution in [0.5, 0.6) is 0 Å². The molecule has 2 heteroatoms. The number of piperidine rings is 1. The standard InChI is InChI=1S/C13H21NO/c1-9(2)11-6-7-13-12(11)5-4-8-14(13)10(3)15/h6,9,12-13H,4-5,7-8H2,1-3H3. The number of likely N-dealkylation sites (tertiary alicyclic amines) is 1. The molecule has 0 aromatic heterocycles. The van der Waals surface area contributed by atoms with Crippen LogP contribution in [0, 0.1) is 11.8 Å². The molecule has 2 aliphatic rings. The smallest absolute Gasteiger partial charge is 0.219 e. The van der Waals surface area contributed by atoms with Crippen molar-refractivity contribution in [1.29, 1.82) is 0 Å². The van der Waals surface area contributed by atoms with E-state index in [1.165, 1.54) is 12.8 Å². The summed E-state index contributed by atoms with van der Waals surface area (Å²) < 4.78 is 0. The van der Waals surface area contributed by atoms with Crippen LogP contribution < -0.4 is 0 Å². The van der Waals surface area contributed by atoms with Gasteiger partial charge in [-0.2, -0.15) is 0 Å². The van der Waals surface area contributed by atoms with E-state index in [1.54, 1.807) is 12.5 Å². The second-order valence-electron chi connectivity index (χ2n) is 5.12. The molecule has 0 bridgehead atoms. The van der Waals surface area contributed by atoms with Crippen LogP contribution in [0.2, 0.25) is 0 Å². The monoisotopic (exact) mass is 207 g/mol. The van der Waals surface area contributed by atoms with E-state index in [-0.39, 0.29) is 5.91 Å². The highest BCUT2D eigenvalue weighted by molar-refractivity contribution is 5.74. The van der Waals surface area contributed by atoms with Gasteiger partial charge in [-0.05, 0) is 25.2 Å². The number of hydrogen-bond donors (Lipinski definition) is 0. The molecule has 0 spiro atoms. The molecule has 84 valence electrons. The van der Waals surface area contributed by atoms with Crippen LogP contribution in [-0.2, 0) is 4.79 Å². The summed E-state index contributed by atoms with van der Waals surface area (Å²) >= 11 is 0. The van der Waals surface area contributed by atoms with Crippen LogP contribution in [0.3, 0.4) is 0 Å². The quantitative estimate of drug-likeness (QED) is 0.605. The molecule has 1 aliphatic heterocycles. The molecule has 2 unspecified atom stereocenters. The minimum absolute atomic E-state index is 0.253. The van der Waals surface area contributed by atoms with Gasteiger partial charge in [0.1, 0.15) is 0 Å². The fourth-order valence-corrected chi connectivity index (χ4v) is 3.20. The zero-order valence-corrected chi connectivity index (χ0v) is 9.99. The number of carbonyl (C=O) groups excluding carboxylic acids is 1. The molecule has 2 atom stereocenters. The van der Waals surface area contributed by atoms with Gasteiger partial charge in [0.15, 0.2) is 0 Å². The Hall–Kier alpha value is -0.790. The van der Waals surface area contributed by atoms with Crippen molar-refractivity contribution in [3.8, 4) is 0 Å². The van der Waals surface area contributed by atoms with E-state index in [0.717, 1.165) is 13.0 Å². The molecule has 1 fully saturated rings. The number of carbonyl (C=O) groups is 1. The summed E-state index contributed by atoms with van der Waals surface area (Å²) in [5.41, 5.74) is 1.59. The Bertz CT molecular complexity index is 293. The molecule has 0 saturated carbocycles. The van der Waals surface area contributed by atoms with Gasteiger partial charge in [-0.1, -0.05) is 25.5 Å². The Morgan fingerprint density at radius 1 is 1.53 bits per heavy atom. The molecular formula is C13H21NO.